The fourth-order valence-electron chi connectivity index (χ4n) is 2.38. The van der Waals surface area contributed by atoms with Gasteiger partial charge in [-0.3, -0.25) is 14.5 Å². The first kappa shape index (κ1) is 19.5. The predicted molar refractivity (Wildman–Crippen MR) is 90.6 cm³/mol. The van der Waals surface area contributed by atoms with Crippen LogP contribution >= 0.6 is 0 Å². The molecule has 1 aromatic carbocycles. The van der Waals surface area contributed by atoms with Gasteiger partial charge in [0.1, 0.15) is 0 Å². The van der Waals surface area contributed by atoms with Crippen molar-refractivity contribution in [3.8, 4) is 0 Å². The van der Waals surface area contributed by atoms with E-state index < -0.39 is 6.10 Å². The van der Waals surface area contributed by atoms with E-state index in [1.807, 2.05) is 6.92 Å². The largest absolute Gasteiger partial charge is 0.391 e. The highest BCUT2D eigenvalue weighted by atomic mass is 16.5. The van der Waals surface area contributed by atoms with Crippen molar-refractivity contribution in [2.45, 2.75) is 19.4 Å². The minimum absolute atomic E-state index is 0.227. The first-order valence-corrected chi connectivity index (χ1v) is 8.51. The summed E-state index contributed by atoms with van der Waals surface area (Å²) < 4.78 is 16.0. The molecule has 0 radical (unpaired) electrons. The second-order valence-electron chi connectivity index (χ2n) is 5.67. The number of ether oxygens (including phenoxy) is 3. The van der Waals surface area contributed by atoms with Crippen LogP contribution in [0.5, 0.6) is 0 Å². The van der Waals surface area contributed by atoms with Crippen LogP contribution in [0.15, 0.2) is 24.3 Å². The number of hydrogen-bond acceptors (Lipinski definition) is 6. The van der Waals surface area contributed by atoms with E-state index in [2.05, 4.69) is 0 Å². The first-order chi connectivity index (χ1) is 12.1. The topological polar surface area (TPSA) is 85.3 Å². The van der Waals surface area contributed by atoms with Crippen LogP contribution in [0.1, 0.15) is 34.1 Å². The van der Waals surface area contributed by atoms with Crippen molar-refractivity contribution in [1.29, 1.82) is 0 Å². The SMILES string of the molecule is CC[C@H](O)COCCOCCOCCN1C(=O)c2ccccc2C1=O. The number of nitrogens with zero attached hydrogens (tertiary/aromatic N) is 1. The third kappa shape index (κ3) is 5.61. The smallest absolute Gasteiger partial charge is 0.261 e. The van der Waals surface area contributed by atoms with Gasteiger partial charge in [0.05, 0.1) is 63.4 Å². The Morgan fingerprint density at radius 3 is 2.00 bits per heavy atom. The number of benzene rings is 1. The lowest BCUT2D eigenvalue weighted by molar-refractivity contribution is -0.0112. The molecule has 1 aliphatic heterocycles. The van der Waals surface area contributed by atoms with Gasteiger partial charge >= 0.3 is 0 Å². The Labute approximate surface area is 147 Å². The van der Waals surface area contributed by atoms with Crippen LogP contribution in [0.3, 0.4) is 0 Å². The van der Waals surface area contributed by atoms with Gasteiger partial charge in [0, 0.05) is 0 Å². The Morgan fingerprint density at radius 1 is 0.920 bits per heavy atom. The highest BCUT2D eigenvalue weighted by molar-refractivity contribution is 6.21. The molecule has 0 aliphatic carbocycles. The molecular formula is C18H25NO6. The summed E-state index contributed by atoms with van der Waals surface area (Å²) in [5.41, 5.74) is 0.896. The van der Waals surface area contributed by atoms with E-state index in [0.717, 1.165) is 0 Å². The van der Waals surface area contributed by atoms with Crippen molar-refractivity contribution in [3.63, 3.8) is 0 Å². The molecule has 2 rings (SSSR count). The van der Waals surface area contributed by atoms with Gasteiger partial charge in [0.15, 0.2) is 0 Å². The third-order valence-electron chi connectivity index (χ3n) is 3.86. The minimum atomic E-state index is -0.425. The molecule has 0 aromatic heterocycles. The zero-order valence-corrected chi connectivity index (χ0v) is 14.5. The van der Waals surface area contributed by atoms with Gasteiger partial charge in [-0.05, 0) is 18.6 Å². The average molecular weight is 351 g/mol. The number of carbonyl (C=O) groups excluding carboxylic acids is 2. The van der Waals surface area contributed by atoms with Gasteiger partial charge < -0.3 is 19.3 Å². The quantitative estimate of drug-likeness (QED) is 0.448. The summed E-state index contributed by atoms with van der Waals surface area (Å²) in [6.07, 6.45) is 0.243. The Hall–Kier alpha value is -1.80. The maximum absolute atomic E-state index is 12.1. The van der Waals surface area contributed by atoms with Gasteiger partial charge in [-0.1, -0.05) is 19.1 Å². The van der Waals surface area contributed by atoms with Crippen molar-refractivity contribution in [1.82, 2.24) is 4.90 Å². The molecule has 0 saturated carbocycles. The lowest BCUT2D eigenvalue weighted by atomic mass is 10.1. The standard InChI is InChI=1S/C18H25NO6/c1-2-14(20)13-25-12-11-24-10-9-23-8-7-19-17(21)15-5-3-4-6-16(15)18(19)22/h3-6,14,20H,2,7-13H2,1H3/t14-/m0/s1. The van der Waals surface area contributed by atoms with Gasteiger partial charge in [0.25, 0.3) is 11.8 Å². The van der Waals surface area contributed by atoms with Gasteiger partial charge in [-0.2, -0.15) is 0 Å². The number of aliphatic hydroxyl groups is 1. The molecule has 1 heterocycles. The van der Waals surface area contributed by atoms with Crippen LogP contribution in [0.2, 0.25) is 0 Å². The second kappa shape index (κ2) is 10.2. The molecule has 0 unspecified atom stereocenters. The molecule has 1 aliphatic rings. The van der Waals surface area contributed by atoms with Crippen molar-refractivity contribution < 1.29 is 28.9 Å². The molecule has 0 spiro atoms. The van der Waals surface area contributed by atoms with Crippen LogP contribution in [0.25, 0.3) is 0 Å². The molecule has 25 heavy (non-hydrogen) atoms. The summed E-state index contributed by atoms with van der Waals surface area (Å²) in [4.78, 5) is 25.5. The lowest BCUT2D eigenvalue weighted by Gasteiger charge is -2.14. The third-order valence-corrected chi connectivity index (χ3v) is 3.86. The van der Waals surface area contributed by atoms with Crippen LogP contribution < -0.4 is 0 Å². The zero-order chi connectivity index (χ0) is 18.1. The lowest BCUT2D eigenvalue weighted by Crippen LogP contribution is -2.33. The summed E-state index contributed by atoms with van der Waals surface area (Å²) in [6.45, 7) is 4.34. The summed E-state index contributed by atoms with van der Waals surface area (Å²) in [5, 5.41) is 9.30. The number of carbonyl (C=O) groups is 2. The summed E-state index contributed by atoms with van der Waals surface area (Å²) in [7, 11) is 0. The minimum Gasteiger partial charge on any atom is -0.391 e. The van der Waals surface area contributed by atoms with Crippen LogP contribution in [-0.2, 0) is 14.2 Å². The number of amides is 2. The van der Waals surface area contributed by atoms with Crippen molar-refractivity contribution in [2.75, 3.05) is 46.2 Å². The molecule has 7 heteroatoms. The molecule has 0 saturated heterocycles. The van der Waals surface area contributed by atoms with E-state index in [1.165, 1.54) is 4.90 Å². The average Bonchev–Trinajstić information content (AvgIpc) is 2.88. The number of fused-ring (bicyclic) bond motifs is 1. The first-order valence-electron chi connectivity index (χ1n) is 8.51. The summed E-state index contributed by atoms with van der Waals surface area (Å²) in [5.74, 6) is -0.543. The van der Waals surface area contributed by atoms with Crippen LogP contribution in [-0.4, -0.2) is 74.1 Å². The molecule has 138 valence electrons. The van der Waals surface area contributed by atoms with E-state index in [-0.39, 0.29) is 25.0 Å². The Balaban J connectivity index is 1.52. The monoisotopic (exact) mass is 351 g/mol. The van der Waals surface area contributed by atoms with Gasteiger partial charge in [0.2, 0.25) is 0 Å². The maximum atomic E-state index is 12.1. The zero-order valence-electron chi connectivity index (χ0n) is 14.5. The van der Waals surface area contributed by atoms with E-state index in [4.69, 9.17) is 14.2 Å². The summed E-state index contributed by atoms with van der Waals surface area (Å²) in [6, 6.07) is 6.81. The molecule has 1 atom stereocenters. The molecule has 2 amide bonds. The summed E-state index contributed by atoms with van der Waals surface area (Å²) >= 11 is 0. The molecule has 7 nitrogen and oxygen atoms in total. The predicted octanol–water partition coefficient (Wildman–Crippen LogP) is 1.10. The number of aliphatic hydroxyl groups excluding tert-OH is 1. The van der Waals surface area contributed by atoms with E-state index >= 15 is 0 Å². The molecular weight excluding hydrogens is 326 g/mol. The Kier molecular flexibility index (Phi) is 8.00. The number of hydrogen-bond donors (Lipinski definition) is 1. The van der Waals surface area contributed by atoms with Crippen LogP contribution in [0.4, 0.5) is 0 Å². The van der Waals surface area contributed by atoms with Crippen molar-refractivity contribution >= 4 is 11.8 Å². The van der Waals surface area contributed by atoms with Gasteiger partial charge in [-0.15, -0.1) is 0 Å². The number of imide groups is 1. The number of rotatable bonds is 12. The Morgan fingerprint density at radius 2 is 1.44 bits per heavy atom. The highest BCUT2D eigenvalue weighted by Gasteiger charge is 2.34. The molecule has 0 bridgehead atoms. The Bertz CT molecular complexity index is 541. The molecule has 1 N–H and O–H groups in total. The van der Waals surface area contributed by atoms with E-state index in [9.17, 15) is 14.7 Å². The van der Waals surface area contributed by atoms with Crippen molar-refractivity contribution in [3.05, 3.63) is 35.4 Å². The van der Waals surface area contributed by atoms with Gasteiger partial charge in [-0.25, -0.2) is 0 Å². The molecule has 1 aromatic rings. The fraction of sp³-hybridized carbons (Fsp3) is 0.556. The normalized spacial score (nSPS) is 14.9. The van der Waals surface area contributed by atoms with E-state index in [1.54, 1.807) is 24.3 Å². The van der Waals surface area contributed by atoms with Crippen molar-refractivity contribution in [2.24, 2.45) is 0 Å². The van der Waals surface area contributed by atoms with Crippen LogP contribution in [0, 0.1) is 0 Å². The maximum Gasteiger partial charge on any atom is 0.261 e. The fourth-order valence-corrected chi connectivity index (χ4v) is 2.38. The van der Waals surface area contributed by atoms with E-state index in [0.29, 0.717) is 50.6 Å². The molecule has 0 fully saturated rings. The second-order valence-corrected chi connectivity index (χ2v) is 5.67. The highest BCUT2D eigenvalue weighted by Crippen LogP contribution is 2.21.